The van der Waals surface area contributed by atoms with E-state index in [0.29, 0.717) is 11.3 Å². The summed E-state index contributed by atoms with van der Waals surface area (Å²) in [6.07, 6.45) is 4.15. The molecule has 76 valence electrons. The molecule has 0 aromatic carbocycles. The summed E-state index contributed by atoms with van der Waals surface area (Å²) < 4.78 is 5.22. The van der Waals surface area contributed by atoms with E-state index in [0.717, 1.165) is 0 Å². The van der Waals surface area contributed by atoms with E-state index in [1.165, 1.54) is 24.7 Å². The summed E-state index contributed by atoms with van der Waals surface area (Å²) in [6.45, 7) is 1.73. The second-order valence-electron chi connectivity index (χ2n) is 2.93. The van der Waals surface area contributed by atoms with E-state index in [4.69, 9.17) is 4.42 Å². The van der Waals surface area contributed by atoms with Gasteiger partial charge in [-0.05, 0) is 13.0 Å². The largest absolute Gasteiger partial charge is 0.441 e. The summed E-state index contributed by atoms with van der Waals surface area (Å²) in [5, 5.41) is 10.7. The van der Waals surface area contributed by atoms with Crippen LogP contribution in [0.1, 0.15) is 5.76 Å². The fourth-order valence-corrected chi connectivity index (χ4v) is 1.19. The lowest BCUT2D eigenvalue weighted by molar-refractivity contribution is -0.384. The average Bonchev–Trinajstić information content (AvgIpc) is 2.65. The predicted octanol–water partition coefficient (Wildman–Crippen LogP) is 1.95. The van der Waals surface area contributed by atoms with Crippen LogP contribution in [0.25, 0.3) is 11.5 Å². The molecule has 0 radical (unpaired) electrons. The summed E-state index contributed by atoms with van der Waals surface area (Å²) in [5.41, 5.74) is 0.224. The molecule has 2 aromatic heterocycles. The second kappa shape index (κ2) is 3.49. The zero-order chi connectivity index (χ0) is 10.8. The maximum Gasteiger partial charge on any atom is 0.300 e. The first-order chi connectivity index (χ1) is 7.18. The Morgan fingerprint density at radius 1 is 1.47 bits per heavy atom. The van der Waals surface area contributed by atoms with Crippen LogP contribution in [0.4, 0.5) is 5.69 Å². The molecule has 2 heterocycles. The Kier molecular flexibility index (Phi) is 2.17. The van der Waals surface area contributed by atoms with Gasteiger partial charge in [0.15, 0.2) is 0 Å². The Balaban J connectivity index is 2.57. The molecule has 0 aliphatic carbocycles. The average molecular weight is 205 g/mol. The number of aromatic nitrogens is 2. The van der Waals surface area contributed by atoms with Crippen molar-refractivity contribution in [2.75, 3.05) is 0 Å². The highest BCUT2D eigenvalue weighted by atomic mass is 16.6. The summed E-state index contributed by atoms with van der Waals surface area (Å²) in [5.74, 6) is 0.845. The predicted molar refractivity (Wildman–Crippen MR) is 51.1 cm³/mol. The number of nitrogens with zero attached hydrogens (tertiary/aromatic N) is 3. The van der Waals surface area contributed by atoms with Gasteiger partial charge in [-0.1, -0.05) is 0 Å². The molecule has 0 bridgehead atoms. The molecule has 2 aromatic rings. The molecule has 15 heavy (non-hydrogen) atoms. The first-order valence-corrected chi connectivity index (χ1v) is 4.19. The number of hydrogen-bond donors (Lipinski definition) is 0. The highest BCUT2D eigenvalue weighted by Crippen LogP contribution is 2.27. The zero-order valence-corrected chi connectivity index (χ0v) is 7.88. The number of oxazole rings is 1. The molecule has 0 spiro atoms. The Hall–Kier alpha value is -2.24. The van der Waals surface area contributed by atoms with Gasteiger partial charge >= 0.3 is 0 Å². The molecular weight excluding hydrogens is 198 g/mol. The number of hydrogen-bond acceptors (Lipinski definition) is 5. The van der Waals surface area contributed by atoms with Crippen molar-refractivity contribution in [3.05, 3.63) is 40.5 Å². The van der Waals surface area contributed by atoms with Gasteiger partial charge in [0.25, 0.3) is 5.69 Å². The number of aryl methyl sites for hydroxylation is 1. The molecule has 0 aliphatic heterocycles. The van der Waals surface area contributed by atoms with Gasteiger partial charge in [-0.15, -0.1) is 0 Å². The van der Waals surface area contributed by atoms with Crippen molar-refractivity contribution in [2.45, 2.75) is 6.92 Å². The van der Waals surface area contributed by atoms with Crippen LogP contribution >= 0.6 is 0 Å². The van der Waals surface area contributed by atoms with Gasteiger partial charge in [0.1, 0.15) is 17.5 Å². The van der Waals surface area contributed by atoms with Crippen LogP contribution in [0.2, 0.25) is 0 Å². The van der Waals surface area contributed by atoms with Gasteiger partial charge in [-0.25, -0.2) is 4.98 Å². The van der Waals surface area contributed by atoms with Gasteiger partial charge in [-0.3, -0.25) is 15.1 Å². The molecule has 0 aliphatic rings. The van der Waals surface area contributed by atoms with Gasteiger partial charge < -0.3 is 4.42 Å². The van der Waals surface area contributed by atoms with Crippen molar-refractivity contribution in [2.24, 2.45) is 0 Å². The summed E-state index contributed by atoms with van der Waals surface area (Å²) >= 11 is 0. The highest BCUT2D eigenvalue weighted by Gasteiger charge is 2.18. The quantitative estimate of drug-likeness (QED) is 0.552. The maximum atomic E-state index is 10.7. The molecule has 0 saturated heterocycles. The van der Waals surface area contributed by atoms with E-state index >= 15 is 0 Å². The summed E-state index contributed by atoms with van der Waals surface area (Å²) in [4.78, 5) is 17.8. The third-order valence-electron chi connectivity index (χ3n) is 1.85. The van der Waals surface area contributed by atoms with Gasteiger partial charge in [-0.2, -0.15) is 0 Å². The van der Waals surface area contributed by atoms with Crippen LogP contribution in [-0.4, -0.2) is 14.9 Å². The third kappa shape index (κ3) is 1.69. The van der Waals surface area contributed by atoms with Crippen LogP contribution in [0.5, 0.6) is 0 Å². The maximum absolute atomic E-state index is 10.7. The minimum absolute atomic E-state index is 0.112. The van der Waals surface area contributed by atoms with Crippen LogP contribution in [0.3, 0.4) is 0 Å². The Morgan fingerprint density at radius 3 is 2.87 bits per heavy atom. The van der Waals surface area contributed by atoms with Crippen LogP contribution in [-0.2, 0) is 0 Å². The van der Waals surface area contributed by atoms with Crippen molar-refractivity contribution in [1.29, 1.82) is 0 Å². The molecule has 2 rings (SSSR count). The number of pyridine rings is 1. The monoisotopic (exact) mass is 205 g/mol. The summed E-state index contributed by atoms with van der Waals surface area (Å²) in [7, 11) is 0. The van der Waals surface area contributed by atoms with E-state index in [1.807, 2.05) is 0 Å². The van der Waals surface area contributed by atoms with Gasteiger partial charge in [0.05, 0.1) is 11.1 Å². The fraction of sp³-hybridized carbons (Fsp3) is 0.111. The van der Waals surface area contributed by atoms with Crippen LogP contribution in [0, 0.1) is 17.0 Å². The van der Waals surface area contributed by atoms with Crippen molar-refractivity contribution in [3.63, 3.8) is 0 Å². The van der Waals surface area contributed by atoms with Crippen molar-refractivity contribution < 1.29 is 9.34 Å². The standard InChI is InChI=1S/C9H7N3O3/c1-6-4-11-9(15-6)7-2-3-10-5-8(7)12(13)14/h2-5H,1H3. The van der Waals surface area contributed by atoms with E-state index in [9.17, 15) is 10.1 Å². The van der Waals surface area contributed by atoms with Gasteiger partial charge in [0, 0.05) is 6.20 Å². The molecule has 6 heteroatoms. The second-order valence-corrected chi connectivity index (χ2v) is 2.93. The van der Waals surface area contributed by atoms with Crippen molar-refractivity contribution >= 4 is 5.69 Å². The number of nitro groups is 1. The fourth-order valence-electron chi connectivity index (χ4n) is 1.19. The van der Waals surface area contributed by atoms with Crippen molar-refractivity contribution in [1.82, 2.24) is 9.97 Å². The third-order valence-corrected chi connectivity index (χ3v) is 1.85. The van der Waals surface area contributed by atoms with E-state index in [2.05, 4.69) is 9.97 Å². The normalized spacial score (nSPS) is 10.2. The molecule has 6 nitrogen and oxygen atoms in total. The molecule has 0 fully saturated rings. The first-order valence-electron chi connectivity index (χ1n) is 4.19. The molecule has 0 atom stereocenters. The van der Waals surface area contributed by atoms with Crippen LogP contribution in [0.15, 0.2) is 29.1 Å². The Bertz CT molecular complexity index is 507. The first kappa shape index (κ1) is 9.32. The molecule has 0 saturated carbocycles. The lowest BCUT2D eigenvalue weighted by Gasteiger charge is -1.96. The molecule has 0 unspecified atom stereocenters. The topological polar surface area (TPSA) is 82.1 Å². The number of rotatable bonds is 2. The van der Waals surface area contributed by atoms with Gasteiger partial charge in [0.2, 0.25) is 5.89 Å². The lowest BCUT2D eigenvalue weighted by Crippen LogP contribution is -1.92. The Morgan fingerprint density at radius 2 is 2.27 bits per heavy atom. The highest BCUT2D eigenvalue weighted by molar-refractivity contribution is 5.65. The zero-order valence-electron chi connectivity index (χ0n) is 7.88. The Labute approximate surface area is 84.7 Å². The lowest BCUT2D eigenvalue weighted by atomic mass is 10.2. The molecular formula is C9H7N3O3. The summed E-state index contributed by atoms with van der Waals surface area (Å²) in [6, 6.07) is 1.50. The van der Waals surface area contributed by atoms with Crippen LogP contribution < -0.4 is 0 Å². The molecule has 0 N–H and O–H groups in total. The smallest absolute Gasteiger partial charge is 0.300 e. The SMILES string of the molecule is Cc1cnc(-c2ccncc2[N+](=O)[O-])o1. The van der Waals surface area contributed by atoms with E-state index < -0.39 is 4.92 Å². The molecule has 0 amide bonds. The van der Waals surface area contributed by atoms with E-state index in [1.54, 1.807) is 6.92 Å². The van der Waals surface area contributed by atoms with E-state index in [-0.39, 0.29) is 11.6 Å². The minimum atomic E-state index is -0.512. The minimum Gasteiger partial charge on any atom is -0.441 e. The van der Waals surface area contributed by atoms with Crippen molar-refractivity contribution in [3.8, 4) is 11.5 Å².